The van der Waals surface area contributed by atoms with Gasteiger partial charge in [-0.25, -0.2) is 4.39 Å². The molecule has 0 saturated carbocycles. The van der Waals surface area contributed by atoms with Gasteiger partial charge >= 0.3 is 8.25 Å². The fourth-order valence-electron chi connectivity index (χ4n) is 3.18. The fourth-order valence-corrected chi connectivity index (χ4v) is 3.80. The van der Waals surface area contributed by atoms with Gasteiger partial charge in [0.15, 0.2) is 0 Å². The Morgan fingerprint density at radius 1 is 1.00 bits per heavy atom. The zero-order valence-electron chi connectivity index (χ0n) is 16.6. The van der Waals surface area contributed by atoms with Crippen LogP contribution in [0.15, 0.2) is 42.5 Å². The highest BCUT2D eigenvalue weighted by atomic mass is 35.5. The molecule has 160 valence electrons. The van der Waals surface area contributed by atoms with Crippen molar-refractivity contribution in [2.75, 3.05) is 13.2 Å². The number of unbranched alkanes of at least 4 members (excludes halogenated alkanes) is 3. The second kappa shape index (κ2) is 13.9. The Balaban J connectivity index is 1.59. The molecule has 1 atom stereocenters. The summed E-state index contributed by atoms with van der Waals surface area (Å²) in [6.07, 6.45) is 7.00. The second-order valence-corrected chi connectivity index (χ2v) is 8.34. The van der Waals surface area contributed by atoms with Gasteiger partial charge in [-0.15, -0.1) is 0 Å². The molecule has 0 aliphatic heterocycles. The van der Waals surface area contributed by atoms with Crippen LogP contribution in [0.5, 0.6) is 0 Å². The van der Waals surface area contributed by atoms with Gasteiger partial charge in [0, 0.05) is 11.6 Å². The summed E-state index contributed by atoms with van der Waals surface area (Å²) in [4.78, 5) is 8.58. The van der Waals surface area contributed by atoms with Crippen LogP contribution in [0.1, 0.15) is 48.8 Å². The standard InChI is InChI=1S/C22H30ClFNO3P/c23-22-16-19(17-25-13-6-14-28-29(26)27)11-12-20(22)9-4-2-1-3-7-18-8-5-10-21(24)15-18/h5,8,10-12,15-16,25,29H,1-4,6-7,9,13-14,17H2,(H,26,27). The number of hydrogen-bond acceptors (Lipinski definition) is 3. The van der Waals surface area contributed by atoms with Gasteiger partial charge in [0.05, 0.1) is 6.61 Å². The van der Waals surface area contributed by atoms with E-state index in [0.29, 0.717) is 19.5 Å². The van der Waals surface area contributed by atoms with Crippen LogP contribution in [0.3, 0.4) is 0 Å². The van der Waals surface area contributed by atoms with Crippen molar-refractivity contribution in [3.63, 3.8) is 0 Å². The van der Waals surface area contributed by atoms with Gasteiger partial charge < -0.3 is 14.7 Å². The average molecular weight is 442 g/mol. The van der Waals surface area contributed by atoms with Crippen LogP contribution >= 0.6 is 19.9 Å². The van der Waals surface area contributed by atoms with Crippen molar-refractivity contribution in [2.24, 2.45) is 0 Å². The van der Waals surface area contributed by atoms with Crippen LogP contribution in [0.2, 0.25) is 5.02 Å². The highest BCUT2D eigenvalue weighted by Gasteiger charge is 2.03. The number of benzene rings is 2. The second-order valence-electron chi connectivity index (χ2n) is 7.11. The number of hydrogen-bond donors (Lipinski definition) is 2. The van der Waals surface area contributed by atoms with E-state index in [0.717, 1.165) is 54.7 Å². The van der Waals surface area contributed by atoms with E-state index in [9.17, 15) is 8.96 Å². The predicted octanol–water partition coefficient (Wildman–Crippen LogP) is 5.70. The number of rotatable bonds is 14. The minimum absolute atomic E-state index is 0.162. The third kappa shape index (κ3) is 10.4. The Morgan fingerprint density at radius 3 is 2.52 bits per heavy atom. The molecule has 2 aromatic carbocycles. The summed E-state index contributed by atoms with van der Waals surface area (Å²) in [5, 5.41) is 4.07. The van der Waals surface area contributed by atoms with Crippen LogP contribution < -0.4 is 5.32 Å². The summed E-state index contributed by atoms with van der Waals surface area (Å²) >= 11 is 6.42. The molecule has 0 spiro atoms. The summed E-state index contributed by atoms with van der Waals surface area (Å²) in [7, 11) is -2.82. The zero-order valence-corrected chi connectivity index (χ0v) is 18.4. The first-order valence-electron chi connectivity index (χ1n) is 10.1. The molecule has 0 radical (unpaired) electrons. The zero-order chi connectivity index (χ0) is 20.9. The molecule has 4 nitrogen and oxygen atoms in total. The average Bonchev–Trinajstić information content (AvgIpc) is 2.68. The maximum atomic E-state index is 13.2. The Kier molecular flexibility index (Phi) is 11.5. The van der Waals surface area contributed by atoms with Gasteiger partial charge in [0.2, 0.25) is 0 Å². The molecule has 0 heterocycles. The van der Waals surface area contributed by atoms with E-state index in [1.165, 1.54) is 11.6 Å². The van der Waals surface area contributed by atoms with Gasteiger partial charge in [-0.1, -0.05) is 48.7 Å². The maximum Gasteiger partial charge on any atom is 0.316 e. The summed E-state index contributed by atoms with van der Waals surface area (Å²) < 4.78 is 28.2. The van der Waals surface area contributed by atoms with Crippen LogP contribution in [-0.4, -0.2) is 18.0 Å². The van der Waals surface area contributed by atoms with Crippen LogP contribution in [0.4, 0.5) is 4.39 Å². The van der Waals surface area contributed by atoms with Crippen molar-refractivity contribution in [1.29, 1.82) is 0 Å². The van der Waals surface area contributed by atoms with Crippen molar-refractivity contribution >= 4 is 19.9 Å². The summed E-state index contributed by atoms with van der Waals surface area (Å²) in [6.45, 7) is 1.70. The molecule has 2 rings (SSSR count). The molecule has 0 aliphatic carbocycles. The van der Waals surface area contributed by atoms with Crippen molar-refractivity contribution in [2.45, 2.75) is 51.5 Å². The molecular formula is C22H30ClFNO3P. The number of halogens is 2. The largest absolute Gasteiger partial charge is 0.326 e. The van der Waals surface area contributed by atoms with Crippen molar-refractivity contribution < 1.29 is 18.4 Å². The molecule has 2 N–H and O–H groups in total. The summed E-state index contributed by atoms with van der Waals surface area (Å²) in [5.74, 6) is -0.162. The monoisotopic (exact) mass is 441 g/mol. The molecule has 0 saturated heterocycles. The third-order valence-corrected chi connectivity index (χ3v) is 5.52. The van der Waals surface area contributed by atoms with E-state index >= 15 is 0 Å². The fraction of sp³-hybridized carbons (Fsp3) is 0.455. The van der Waals surface area contributed by atoms with E-state index in [4.69, 9.17) is 16.5 Å². The van der Waals surface area contributed by atoms with Gasteiger partial charge in [-0.3, -0.25) is 4.57 Å². The predicted molar refractivity (Wildman–Crippen MR) is 117 cm³/mol. The molecular weight excluding hydrogens is 412 g/mol. The Hall–Kier alpha value is -1.23. The lowest BCUT2D eigenvalue weighted by Gasteiger charge is -2.09. The molecule has 0 aliphatic rings. The molecule has 1 unspecified atom stereocenters. The molecule has 0 amide bonds. The van der Waals surface area contributed by atoms with Crippen molar-refractivity contribution in [3.05, 3.63) is 70.0 Å². The minimum atomic E-state index is -2.82. The Labute approximate surface area is 178 Å². The lowest BCUT2D eigenvalue weighted by molar-refractivity contribution is 0.276. The molecule has 29 heavy (non-hydrogen) atoms. The summed E-state index contributed by atoms with van der Waals surface area (Å²) in [5.41, 5.74) is 3.35. The van der Waals surface area contributed by atoms with Gasteiger partial charge in [0.1, 0.15) is 5.82 Å². The number of aryl methyl sites for hydroxylation is 2. The summed E-state index contributed by atoms with van der Waals surface area (Å²) in [6, 6.07) is 13.0. The van der Waals surface area contributed by atoms with Gasteiger partial charge in [0.25, 0.3) is 0 Å². The molecule has 2 aromatic rings. The van der Waals surface area contributed by atoms with E-state index in [-0.39, 0.29) is 12.4 Å². The lowest BCUT2D eigenvalue weighted by atomic mass is 10.0. The van der Waals surface area contributed by atoms with Crippen LogP contribution in [0.25, 0.3) is 0 Å². The van der Waals surface area contributed by atoms with Crippen LogP contribution in [0, 0.1) is 5.82 Å². The Bertz CT molecular complexity index is 775. The highest BCUT2D eigenvalue weighted by Crippen LogP contribution is 2.21. The smallest absolute Gasteiger partial charge is 0.316 e. The molecule has 0 bridgehead atoms. The minimum Gasteiger partial charge on any atom is -0.326 e. The van der Waals surface area contributed by atoms with E-state index in [1.807, 2.05) is 12.1 Å². The molecule has 0 aromatic heterocycles. The molecule has 0 fully saturated rings. The first-order chi connectivity index (χ1) is 14.0. The van der Waals surface area contributed by atoms with E-state index < -0.39 is 8.25 Å². The van der Waals surface area contributed by atoms with Crippen molar-refractivity contribution in [3.8, 4) is 0 Å². The van der Waals surface area contributed by atoms with E-state index in [1.54, 1.807) is 12.1 Å². The van der Waals surface area contributed by atoms with E-state index in [2.05, 4.69) is 22.0 Å². The Morgan fingerprint density at radius 2 is 1.79 bits per heavy atom. The normalized spacial score (nSPS) is 12.2. The van der Waals surface area contributed by atoms with Crippen LogP contribution in [-0.2, 0) is 28.5 Å². The lowest BCUT2D eigenvalue weighted by Crippen LogP contribution is -2.16. The van der Waals surface area contributed by atoms with Gasteiger partial charge in [-0.2, -0.15) is 0 Å². The highest BCUT2D eigenvalue weighted by molar-refractivity contribution is 7.32. The third-order valence-electron chi connectivity index (χ3n) is 4.72. The van der Waals surface area contributed by atoms with Gasteiger partial charge in [-0.05, 0) is 73.5 Å². The maximum absolute atomic E-state index is 13.2. The number of nitrogens with one attached hydrogen (secondary N) is 1. The SMILES string of the molecule is O=[PH](O)OCCCNCc1ccc(CCCCCCc2cccc(F)c2)c(Cl)c1. The first kappa shape index (κ1) is 24.0. The quantitative estimate of drug-likeness (QED) is 0.291. The van der Waals surface area contributed by atoms with Crippen molar-refractivity contribution in [1.82, 2.24) is 5.32 Å². The first-order valence-corrected chi connectivity index (χ1v) is 11.8. The topological polar surface area (TPSA) is 58.6 Å². The molecule has 7 heteroatoms.